The molecule has 1 rings (SSSR count). The minimum Gasteiger partial charge on any atom is -0.496 e. The minimum absolute atomic E-state index is 0.00682. The summed E-state index contributed by atoms with van der Waals surface area (Å²) in [6, 6.07) is 3.32. The molecule has 0 amide bonds. The average molecular weight is 244 g/mol. The van der Waals surface area contributed by atoms with Crippen LogP contribution in [0.2, 0.25) is 5.02 Å². The first kappa shape index (κ1) is 12.8. The normalized spacial score (nSPS) is 12.2. The number of carbonyl (C=O) groups is 1. The molecule has 0 spiro atoms. The summed E-state index contributed by atoms with van der Waals surface area (Å²) in [6.07, 6.45) is 0. The summed E-state index contributed by atoms with van der Waals surface area (Å²) in [5, 5.41) is 9.59. The lowest BCUT2D eigenvalue weighted by Gasteiger charge is -2.17. The zero-order valence-electron chi connectivity index (χ0n) is 9.16. The molecule has 16 heavy (non-hydrogen) atoms. The maximum absolute atomic E-state index is 11.1. The Labute approximate surface area is 99.0 Å². The van der Waals surface area contributed by atoms with Crippen LogP contribution in [-0.4, -0.2) is 24.7 Å². The molecule has 88 valence electrons. The highest BCUT2D eigenvalue weighted by molar-refractivity contribution is 6.31. The lowest BCUT2D eigenvalue weighted by atomic mass is 9.94. The van der Waals surface area contributed by atoms with E-state index in [2.05, 4.69) is 0 Å². The van der Waals surface area contributed by atoms with Crippen LogP contribution in [0.15, 0.2) is 12.1 Å². The highest BCUT2D eigenvalue weighted by Crippen LogP contribution is 2.33. The summed E-state index contributed by atoms with van der Waals surface area (Å²) >= 11 is 5.96. The van der Waals surface area contributed by atoms with Gasteiger partial charge in [-0.05, 0) is 24.6 Å². The van der Waals surface area contributed by atoms with Gasteiger partial charge in [-0.2, -0.15) is 0 Å². The van der Waals surface area contributed by atoms with Gasteiger partial charge in [-0.15, -0.1) is 0 Å². The number of halogens is 1. The van der Waals surface area contributed by atoms with Crippen molar-refractivity contribution in [2.75, 3.05) is 13.7 Å². The predicted molar refractivity (Wildman–Crippen MR) is 62.2 cm³/mol. The van der Waals surface area contributed by atoms with Crippen molar-refractivity contribution in [2.24, 2.45) is 5.73 Å². The highest BCUT2D eigenvalue weighted by Gasteiger charge is 2.24. The van der Waals surface area contributed by atoms with E-state index in [4.69, 9.17) is 27.2 Å². The second kappa shape index (κ2) is 5.18. The molecule has 0 fully saturated rings. The summed E-state index contributed by atoms with van der Waals surface area (Å²) in [5.41, 5.74) is 6.71. The first-order valence-electron chi connectivity index (χ1n) is 4.78. The van der Waals surface area contributed by atoms with Gasteiger partial charge in [0.2, 0.25) is 0 Å². The van der Waals surface area contributed by atoms with Gasteiger partial charge in [-0.3, -0.25) is 4.79 Å². The molecule has 3 N–H and O–H groups in total. The molecule has 0 aliphatic rings. The molecule has 0 heterocycles. The molecule has 0 saturated heterocycles. The van der Waals surface area contributed by atoms with Crippen LogP contribution in [-0.2, 0) is 4.79 Å². The van der Waals surface area contributed by atoms with Crippen molar-refractivity contribution in [3.05, 3.63) is 28.3 Å². The van der Waals surface area contributed by atoms with Gasteiger partial charge in [0.15, 0.2) is 0 Å². The van der Waals surface area contributed by atoms with Gasteiger partial charge in [0.25, 0.3) is 0 Å². The van der Waals surface area contributed by atoms with Crippen LogP contribution in [0, 0.1) is 6.92 Å². The van der Waals surface area contributed by atoms with E-state index in [-0.39, 0.29) is 6.54 Å². The molecule has 1 aromatic carbocycles. The lowest BCUT2D eigenvalue weighted by Crippen LogP contribution is -2.22. The van der Waals surface area contributed by atoms with E-state index < -0.39 is 11.9 Å². The van der Waals surface area contributed by atoms with Gasteiger partial charge < -0.3 is 15.6 Å². The van der Waals surface area contributed by atoms with Gasteiger partial charge in [0.1, 0.15) is 5.75 Å². The predicted octanol–water partition coefficient (Wildman–Crippen LogP) is 1.78. The van der Waals surface area contributed by atoms with E-state index in [0.717, 1.165) is 0 Å². The fraction of sp³-hybridized carbons (Fsp3) is 0.364. The lowest BCUT2D eigenvalue weighted by molar-refractivity contribution is -0.138. The van der Waals surface area contributed by atoms with Crippen LogP contribution in [0.3, 0.4) is 0 Å². The summed E-state index contributed by atoms with van der Waals surface area (Å²) < 4.78 is 5.14. The summed E-state index contributed by atoms with van der Waals surface area (Å²) in [7, 11) is 1.49. The third-order valence-corrected chi connectivity index (χ3v) is 2.92. The SMILES string of the molecule is COc1ccc(Cl)c(C)c1C(CN)C(=O)O. The number of methoxy groups -OCH3 is 1. The quantitative estimate of drug-likeness (QED) is 0.846. The van der Waals surface area contributed by atoms with Crippen LogP contribution in [0.1, 0.15) is 17.0 Å². The van der Waals surface area contributed by atoms with E-state index in [0.29, 0.717) is 21.9 Å². The molecular weight excluding hydrogens is 230 g/mol. The van der Waals surface area contributed by atoms with Gasteiger partial charge in [-0.1, -0.05) is 11.6 Å². The standard InChI is InChI=1S/C11H14ClNO3/c1-6-8(12)3-4-9(16-2)10(6)7(5-13)11(14)15/h3-4,7H,5,13H2,1-2H3,(H,14,15). The van der Waals surface area contributed by atoms with Crippen LogP contribution in [0.25, 0.3) is 0 Å². The number of aliphatic carboxylic acids is 1. The fourth-order valence-corrected chi connectivity index (χ4v) is 1.80. The number of carboxylic acids is 1. The molecule has 4 nitrogen and oxygen atoms in total. The number of benzene rings is 1. The van der Waals surface area contributed by atoms with Gasteiger partial charge in [0.05, 0.1) is 13.0 Å². The third-order valence-electron chi connectivity index (χ3n) is 2.51. The van der Waals surface area contributed by atoms with Gasteiger partial charge >= 0.3 is 5.97 Å². The fourth-order valence-electron chi connectivity index (χ4n) is 1.63. The van der Waals surface area contributed by atoms with Crippen molar-refractivity contribution >= 4 is 17.6 Å². The number of nitrogens with two attached hydrogens (primary N) is 1. The Hall–Kier alpha value is -1.26. The second-order valence-electron chi connectivity index (χ2n) is 3.41. The van der Waals surface area contributed by atoms with E-state index in [1.807, 2.05) is 0 Å². The van der Waals surface area contributed by atoms with Crippen molar-refractivity contribution in [2.45, 2.75) is 12.8 Å². The Morgan fingerprint density at radius 3 is 2.69 bits per heavy atom. The van der Waals surface area contributed by atoms with Crippen molar-refractivity contribution in [3.63, 3.8) is 0 Å². The molecule has 1 unspecified atom stereocenters. The van der Waals surface area contributed by atoms with Crippen molar-refractivity contribution in [1.29, 1.82) is 0 Å². The second-order valence-corrected chi connectivity index (χ2v) is 3.82. The Kier molecular flexibility index (Phi) is 4.15. The van der Waals surface area contributed by atoms with Crippen molar-refractivity contribution < 1.29 is 14.6 Å². The monoisotopic (exact) mass is 243 g/mol. The Morgan fingerprint density at radius 2 is 2.25 bits per heavy atom. The summed E-state index contributed by atoms with van der Waals surface area (Å²) in [5.74, 6) is -1.28. The Bertz CT molecular complexity index is 406. The molecule has 1 atom stereocenters. The zero-order valence-corrected chi connectivity index (χ0v) is 9.91. The largest absolute Gasteiger partial charge is 0.496 e. The topological polar surface area (TPSA) is 72.5 Å². The Morgan fingerprint density at radius 1 is 1.62 bits per heavy atom. The number of hydrogen-bond acceptors (Lipinski definition) is 3. The number of hydrogen-bond donors (Lipinski definition) is 2. The number of rotatable bonds is 4. The molecular formula is C11H14ClNO3. The highest BCUT2D eigenvalue weighted by atomic mass is 35.5. The van der Waals surface area contributed by atoms with Crippen LogP contribution >= 0.6 is 11.6 Å². The molecule has 0 saturated carbocycles. The van der Waals surface area contributed by atoms with Gasteiger partial charge in [0, 0.05) is 17.1 Å². The van der Waals surface area contributed by atoms with Crippen molar-refractivity contribution in [3.8, 4) is 5.75 Å². The molecule has 1 aromatic rings. The first-order chi connectivity index (χ1) is 7.52. The molecule has 0 radical (unpaired) electrons. The number of carboxylic acid groups (broad SMARTS) is 1. The van der Waals surface area contributed by atoms with E-state index >= 15 is 0 Å². The molecule has 0 aromatic heterocycles. The maximum Gasteiger partial charge on any atom is 0.312 e. The molecule has 5 heteroatoms. The Balaban J connectivity index is 3.38. The van der Waals surface area contributed by atoms with Crippen molar-refractivity contribution in [1.82, 2.24) is 0 Å². The van der Waals surface area contributed by atoms with Crippen LogP contribution in [0.5, 0.6) is 5.75 Å². The number of ether oxygens (including phenoxy) is 1. The van der Waals surface area contributed by atoms with Crippen LogP contribution in [0.4, 0.5) is 0 Å². The summed E-state index contributed by atoms with van der Waals surface area (Å²) in [4.78, 5) is 11.1. The smallest absolute Gasteiger partial charge is 0.312 e. The molecule has 0 aliphatic carbocycles. The van der Waals surface area contributed by atoms with E-state index in [9.17, 15) is 4.79 Å². The third kappa shape index (κ3) is 2.28. The van der Waals surface area contributed by atoms with E-state index in [1.54, 1.807) is 19.1 Å². The van der Waals surface area contributed by atoms with E-state index in [1.165, 1.54) is 7.11 Å². The average Bonchev–Trinajstić information content (AvgIpc) is 2.25. The first-order valence-corrected chi connectivity index (χ1v) is 5.16. The molecule has 0 bridgehead atoms. The van der Waals surface area contributed by atoms with Gasteiger partial charge in [-0.25, -0.2) is 0 Å². The minimum atomic E-state index is -0.980. The maximum atomic E-state index is 11.1. The summed E-state index contributed by atoms with van der Waals surface area (Å²) in [6.45, 7) is 1.76. The molecule has 0 aliphatic heterocycles. The van der Waals surface area contributed by atoms with Crippen LogP contribution < -0.4 is 10.5 Å². The zero-order chi connectivity index (χ0) is 12.3.